The van der Waals surface area contributed by atoms with Crippen LogP contribution in [0.5, 0.6) is 0 Å². The van der Waals surface area contributed by atoms with Gasteiger partial charge < -0.3 is 10.3 Å². The lowest BCUT2D eigenvalue weighted by Crippen LogP contribution is -2.38. The van der Waals surface area contributed by atoms with Crippen molar-refractivity contribution in [2.45, 2.75) is 6.54 Å². The summed E-state index contributed by atoms with van der Waals surface area (Å²) in [4.78, 5) is 38.7. The number of halogens is 2. The van der Waals surface area contributed by atoms with Gasteiger partial charge in [0.1, 0.15) is 18.2 Å². The van der Waals surface area contributed by atoms with Crippen molar-refractivity contribution in [3.05, 3.63) is 74.9 Å². The molecule has 1 amide bonds. The normalized spacial score (nSPS) is 10.8. The molecule has 0 aliphatic heterocycles. The molecule has 0 spiro atoms. The van der Waals surface area contributed by atoms with Gasteiger partial charge in [0.15, 0.2) is 0 Å². The molecule has 122 valence electrons. The van der Waals surface area contributed by atoms with Crippen molar-refractivity contribution in [1.82, 2.24) is 9.55 Å². The van der Waals surface area contributed by atoms with Gasteiger partial charge in [-0.3, -0.25) is 14.2 Å². The highest BCUT2D eigenvalue weighted by Gasteiger charge is 2.13. The number of nitrogens with one attached hydrogen (secondary N) is 2. The molecule has 24 heavy (non-hydrogen) atoms. The van der Waals surface area contributed by atoms with Crippen molar-refractivity contribution in [1.29, 1.82) is 0 Å². The van der Waals surface area contributed by atoms with E-state index in [9.17, 15) is 23.2 Å². The average molecular weight is 331 g/mol. The first-order valence-electron chi connectivity index (χ1n) is 6.92. The number of benzene rings is 2. The number of hydrogen-bond acceptors (Lipinski definition) is 3. The topological polar surface area (TPSA) is 84.0 Å². The predicted octanol–water partition coefficient (Wildman–Crippen LogP) is 1.61. The predicted molar refractivity (Wildman–Crippen MR) is 83.8 cm³/mol. The number of aromatic amines is 1. The minimum absolute atomic E-state index is 0.238. The van der Waals surface area contributed by atoms with E-state index in [1.165, 1.54) is 6.07 Å². The van der Waals surface area contributed by atoms with Gasteiger partial charge in [-0.15, -0.1) is 0 Å². The molecule has 0 saturated carbocycles. The van der Waals surface area contributed by atoms with Gasteiger partial charge >= 0.3 is 5.69 Å². The van der Waals surface area contributed by atoms with Crippen LogP contribution in [0.4, 0.5) is 14.5 Å². The van der Waals surface area contributed by atoms with Crippen LogP contribution in [-0.4, -0.2) is 15.5 Å². The van der Waals surface area contributed by atoms with Gasteiger partial charge in [0.25, 0.3) is 5.56 Å². The van der Waals surface area contributed by atoms with Crippen LogP contribution in [0.15, 0.2) is 52.1 Å². The molecule has 0 fully saturated rings. The molecule has 0 atom stereocenters. The summed E-state index contributed by atoms with van der Waals surface area (Å²) in [5.41, 5.74) is -1.44. The van der Waals surface area contributed by atoms with E-state index >= 15 is 0 Å². The summed E-state index contributed by atoms with van der Waals surface area (Å²) >= 11 is 0. The Hall–Kier alpha value is -3.29. The van der Waals surface area contributed by atoms with Gasteiger partial charge in [-0.2, -0.15) is 0 Å². The Bertz CT molecular complexity index is 1060. The number of rotatable bonds is 3. The molecule has 0 radical (unpaired) electrons. The minimum Gasteiger partial charge on any atom is -0.322 e. The Morgan fingerprint density at radius 3 is 2.67 bits per heavy atom. The number of aromatic nitrogens is 2. The Kier molecular flexibility index (Phi) is 3.95. The second-order valence-corrected chi connectivity index (χ2v) is 5.04. The summed E-state index contributed by atoms with van der Waals surface area (Å²) in [5.74, 6) is -2.39. The SMILES string of the molecule is O=C(Cn1c(=O)[nH]c2ccccc2c1=O)Nc1cc(F)ccc1F. The van der Waals surface area contributed by atoms with Crippen LogP contribution in [0.1, 0.15) is 0 Å². The number of carbonyl (C=O) groups is 1. The van der Waals surface area contributed by atoms with Gasteiger partial charge in [-0.1, -0.05) is 12.1 Å². The molecule has 0 unspecified atom stereocenters. The highest BCUT2D eigenvalue weighted by molar-refractivity contribution is 5.90. The van der Waals surface area contributed by atoms with E-state index in [1.54, 1.807) is 18.2 Å². The number of para-hydroxylation sites is 1. The van der Waals surface area contributed by atoms with Crippen molar-refractivity contribution in [3.63, 3.8) is 0 Å². The average Bonchev–Trinajstić information content (AvgIpc) is 2.55. The van der Waals surface area contributed by atoms with E-state index in [4.69, 9.17) is 0 Å². The zero-order valence-electron chi connectivity index (χ0n) is 12.2. The Balaban J connectivity index is 1.92. The maximum Gasteiger partial charge on any atom is 0.329 e. The third-order valence-electron chi connectivity index (χ3n) is 3.39. The number of carbonyl (C=O) groups excluding carboxylic acids is 1. The summed E-state index contributed by atoms with van der Waals surface area (Å²) in [6.07, 6.45) is 0. The van der Waals surface area contributed by atoms with Crippen LogP contribution in [0, 0.1) is 11.6 Å². The van der Waals surface area contributed by atoms with E-state index in [2.05, 4.69) is 10.3 Å². The third-order valence-corrected chi connectivity index (χ3v) is 3.39. The summed E-state index contributed by atoms with van der Waals surface area (Å²) in [6, 6.07) is 8.92. The monoisotopic (exact) mass is 331 g/mol. The van der Waals surface area contributed by atoms with Crippen LogP contribution in [0.25, 0.3) is 10.9 Å². The molecule has 0 aliphatic rings. The zero-order valence-corrected chi connectivity index (χ0v) is 12.2. The van der Waals surface area contributed by atoms with E-state index in [0.29, 0.717) is 10.1 Å². The van der Waals surface area contributed by atoms with E-state index < -0.39 is 35.3 Å². The summed E-state index contributed by atoms with van der Waals surface area (Å²) in [7, 11) is 0. The van der Waals surface area contributed by atoms with E-state index in [0.717, 1.165) is 18.2 Å². The van der Waals surface area contributed by atoms with E-state index in [1.807, 2.05) is 0 Å². The molecule has 8 heteroatoms. The maximum absolute atomic E-state index is 13.5. The molecule has 1 heterocycles. The van der Waals surface area contributed by atoms with Crippen molar-refractivity contribution in [3.8, 4) is 0 Å². The molecule has 0 bridgehead atoms. The first-order chi connectivity index (χ1) is 11.5. The molecular formula is C16H11F2N3O3. The lowest BCUT2D eigenvalue weighted by Gasteiger charge is -2.08. The number of anilines is 1. The highest BCUT2D eigenvalue weighted by atomic mass is 19.1. The molecule has 3 aromatic rings. The van der Waals surface area contributed by atoms with Gasteiger partial charge in [-0.25, -0.2) is 13.6 Å². The Morgan fingerprint density at radius 2 is 1.88 bits per heavy atom. The number of hydrogen-bond donors (Lipinski definition) is 2. The Morgan fingerprint density at radius 1 is 1.12 bits per heavy atom. The van der Waals surface area contributed by atoms with Crippen LogP contribution >= 0.6 is 0 Å². The fourth-order valence-corrected chi connectivity index (χ4v) is 2.27. The van der Waals surface area contributed by atoms with Gasteiger partial charge in [0.2, 0.25) is 5.91 Å². The van der Waals surface area contributed by atoms with Gasteiger partial charge in [0.05, 0.1) is 16.6 Å². The van der Waals surface area contributed by atoms with Crippen LogP contribution < -0.4 is 16.6 Å². The molecule has 1 aromatic heterocycles. The highest BCUT2D eigenvalue weighted by Crippen LogP contribution is 2.15. The largest absolute Gasteiger partial charge is 0.329 e. The molecule has 3 rings (SSSR count). The van der Waals surface area contributed by atoms with Gasteiger partial charge in [0, 0.05) is 6.07 Å². The molecule has 2 N–H and O–H groups in total. The maximum atomic E-state index is 13.5. The number of H-pyrrole nitrogens is 1. The van der Waals surface area contributed by atoms with Crippen molar-refractivity contribution >= 4 is 22.5 Å². The minimum atomic E-state index is -0.831. The standard InChI is InChI=1S/C16H11F2N3O3/c17-9-5-6-11(18)13(7-9)19-14(22)8-21-15(23)10-3-1-2-4-12(10)20-16(21)24/h1-7H,8H2,(H,19,22)(H,20,24). The van der Waals surface area contributed by atoms with Crippen molar-refractivity contribution < 1.29 is 13.6 Å². The van der Waals surface area contributed by atoms with Crippen LogP contribution in [0.2, 0.25) is 0 Å². The van der Waals surface area contributed by atoms with Crippen molar-refractivity contribution in [2.24, 2.45) is 0 Å². The van der Waals surface area contributed by atoms with E-state index in [-0.39, 0.29) is 11.1 Å². The molecule has 0 aliphatic carbocycles. The van der Waals surface area contributed by atoms with Crippen LogP contribution in [0.3, 0.4) is 0 Å². The quantitative estimate of drug-likeness (QED) is 0.765. The second kappa shape index (κ2) is 6.07. The second-order valence-electron chi connectivity index (χ2n) is 5.04. The zero-order chi connectivity index (χ0) is 17.3. The van der Waals surface area contributed by atoms with Crippen molar-refractivity contribution in [2.75, 3.05) is 5.32 Å². The fraction of sp³-hybridized carbons (Fsp3) is 0.0625. The first kappa shape index (κ1) is 15.6. The summed E-state index contributed by atoms with van der Waals surface area (Å²) in [5, 5.41) is 2.37. The first-order valence-corrected chi connectivity index (χ1v) is 6.92. The lowest BCUT2D eigenvalue weighted by molar-refractivity contribution is -0.116. The molecule has 6 nitrogen and oxygen atoms in total. The molecule has 2 aromatic carbocycles. The number of amides is 1. The van der Waals surface area contributed by atoms with Gasteiger partial charge in [-0.05, 0) is 24.3 Å². The summed E-state index contributed by atoms with van der Waals surface area (Å²) < 4.78 is 27.3. The number of fused-ring (bicyclic) bond motifs is 1. The lowest BCUT2D eigenvalue weighted by atomic mass is 10.2. The number of nitrogens with zero attached hydrogens (tertiary/aromatic N) is 1. The van der Waals surface area contributed by atoms with Crippen LogP contribution in [-0.2, 0) is 11.3 Å². The Labute approximate surface area is 133 Å². The third kappa shape index (κ3) is 2.94. The smallest absolute Gasteiger partial charge is 0.322 e. The summed E-state index contributed by atoms with van der Waals surface area (Å²) in [6.45, 7) is -0.630. The molecule has 0 saturated heterocycles. The molecular weight excluding hydrogens is 320 g/mol. The fourth-order valence-electron chi connectivity index (χ4n) is 2.27.